The van der Waals surface area contributed by atoms with Gasteiger partial charge in [0.1, 0.15) is 11.6 Å². The van der Waals surface area contributed by atoms with Crippen LogP contribution in [0.3, 0.4) is 0 Å². The third-order valence-electron chi connectivity index (χ3n) is 3.43. The summed E-state index contributed by atoms with van der Waals surface area (Å²) in [5.74, 6) is 1.09. The minimum absolute atomic E-state index is 0.331. The van der Waals surface area contributed by atoms with Crippen molar-refractivity contribution in [1.82, 2.24) is 14.8 Å². The van der Waals surface area contributed by atoms with Crippen LogP contribution in [0.5, 0.6) is 0 Å². The lowest BCUT2D eigenvalue weighted by Gasteiger charge is -2.09. The quantitative estimate of drug-likeness (QED) is 0.624. The van der Waals surface area contributed by atoms with Crippen molar-refractivity contribution in [3.8, 4) is 5.69 Å². The van der Waals surface area contributed by atoms with Crippen molar-refractivity contribution in [3.63, 3.8) is 0 Å². The van der Waals surface area contributed by atoms with E-state index in [9.17, 15) is 4.39 Å². The molecule has 0 amide bonds. The van der Waals surface area contributed by atoms with Gasteiger partial charge >= 0.3 is 0 Å². The average molecular weight is 348 g/mol. The fraction of sp³-hybridized carbons (Fsp3) is 0.176. The number of rotatable bonds is 4. The third kappa shape index (κ3) is 3.57. The van der Waals surface area contributed by atoms with Gasteiger partial charge in [-0.15, -0.1) is 10.2 Å². The number of thioether (sulfide) groups is 1. The molecule has 0 atom stereocenters. The lowest BCUT2D eigenvalue weighted by Crippen LogP contribution is -1.99. The summed E-state index contributed by atoms with van der Waals surface area (Å²) in [4.78, 5) is 0. The molecule has 1 heterocycles. The summed E-state index contributed by atoms with van der Waals surface area (Å²) < 4.78 is 15.1. The van der Waals surface area contributed by atoms with Crippen molar-refractivity contribution in [2.24, 2.45) is 0 Å². The zero-order valence-corrected chi connectivity index (χ0v) is 14.3. The molecule has 0 bridgehead atoms. The number of nitrogens with zero attached hydrogens (tertiary/aromatic N) is 3. The van der Waals surface area contributed by atoms with Crippen molar-refractivity contribution in [2.75, 3.05) is 0 Å². The summed E-state index contributed by atoms with van der Waals surface area (Å²) in [5, 5.41) is 9.63. The van der Waals surface area contributed by atoms with Crippen LogP contribution in [0.2, 0.25) is 5.02 Å². The zero-order chi connectivity index (χ0) is 16.4. The van der Waals surface area contributed by atoms with Gasteiger partial charge in [-0.3, -0.25) is 4.57 Å². The second kappa shape index (κ2) is 6.72. The molecule has 23 heavy (non-hydrogen) atoms. The average Bonchev–Trinajstić information content (AvgIpc) is 2.87. The number of aryl methyl sites for hydroxylation is 2. The molecule has 6 heteroatoms. The van der Waals surface area contributed by atoms with E-state index in [1.54, 1.807) is 6.07 Å². The van der Waals surface area contributed by atoms with Gasteiger partial charge in [0.2, 0.25) is 0 Å². The molecule has 0 N–H and O–H groups in total. The molecular formula is C17H15ClFN3S. The minimum Gasteiger partial charge on any atom is -0.274 e. The first-order chi connectivity index (χ1) is 11.0. The maximum absolute atomic E-state index is 13.1. The molecule has 0 spiro atoms. The number of hydrogen-bond donors (Lipinski definition) is 0. The molecule has 0 saturated heterocycles. The molecule has 3 rings (SSSR count). The van der Waals surface area contributed by atoms with E-state index >= 15 is 0 Å². The molecule has 2 aromatic carbocycles. The Labute approximate surface area is 143 Å². The van der Waals surface area contributed by atoms with Crippen molar-refractivity contribution in [3.05, 3.63) is 70.3 Å². The van der Waals surface area contributed by atoms with Crippen LogP contribution < -0.4 is 0 Å². The Kier molecular flexibility index (Phi) is 4.68. The van der Waals surface area contributed by atoms with Crippen LogP contribution in [0.4, 0.5) is 4.39 Å². The highest BCUT2D eigenvalue weighted by atomic mass is 35.5. The number of benzene rings is 2. The van der Waals surface area contributed by atoms with E-state index in [-0.39, 0.29) is 5.82 Å². The summed E-state index contributed by atoms with van der Waals surface area (Å²) in [7, 11) is 0. The van der Waals surface area contributed by atoms with Gasteiger partial charge in [-0.1, -0.05) is 41.6 Å². The van der Waals surface area contributed by atoms with Crippen LogP contribution in [0.1, 0.15) is 17.0 Å². The maximum Gasteiger partial charge on any atom is 0.196 e. The molecule has 0 aliphatic rings. The Morgan fingerprint density at radius 1 is 1.13 bits per heavy atom. The third-order valence-corrected chi connectivity index (χ3v) is 4.76. The summed E-state index contributed by atoms with van der Waals surface area (Å²) in [6, 6.07) is 12.6. The van der Waals surface area contributed by atoms with Crippen LogP contribution in [-0.4, -0.2) is 14.8 Å². The summed E-state index contributed by atoms with van der Waals surface area (Å²) in [6.07, 6.45) is 0. The van der Waals surface area contributed by atoms with E-state index in [2.05, 4.69) is 16.3 Å². The Morgan fingerprint density at radius 3 is 2.70 bits per heavy atom. The van der Waals surface area contributed by atoms with Crippen molar-refractivity contribution in [1.29, 1.82) is 0 Å². The Balaban J connectivity index is 1.87. The molecule has 0 aliphatic heterocycles. The standard InChI is InChI=1S/C17H15ClFN3S/c1-11-4-3-5-15(8-11)22-12(2)20-21-17(22)23-10-13-6-7-14(19)9-16(13)18/h3-9H,10H2,1-2H3. The topological polar surface area (TPSA) is 30.7 Å². The SMILES string of the molecule is Cc1cccc(-n2c(C)nnc2SCc2ccc(F)cc2Cl)c1. The monoisotopic (exact) mass is 347 g/mol. The number of halogens is 2. The van der Waals surface area contributed by atoms with Gasteiger partial charge in [-0.05, 0) is 49.2 Å². The maximum atomic E-state index is 13.1. The second-order valence-corrected chi connectivity index (χ2v) is 6.58. The van der Waals surface area contributed by atoms with Gasteiger partial charge in [0.05, 0.1) is 0 Å². The normalized spacial score (nSPS) is 11.0. The van der Waals surface area contributed by atoms with E-state index in [0.717, 1.165) is 22.2 Å². The van der Waals surface area contributed by atoms with Crippen LogP contribution in [0, 0.1) is 19.7 Å². The fourth-order valence-corrected chi connectivity index (χ4v) is 3.60. The fourth-order valence-electron chi connectivity index (χ4n) is 2.28. The molecular weight excluding hydrogens is 333 g/mol. The molecule has 0 fully saturated rings. The van der Waals surface area contributed by atoms with E-state index in [1.165, 1.54) is 29.5 Å². The van der Waals surface area contributed by atoms with Crippen LogP contribution in [-0.2, 0) is 5.75 Å². The highest BCUT2D eigenvalue weighted by molar-refractivity contribution is 7.98. The summed E-state index contributed by atoms with van der Waals surface area (Å²) in [6.45, 7) is 3.97. The van der Waals surface area contributed by atoms with Crippen LogP contribution >= 0.6 is 23.4 Å². The van der Waals surface area contributed by atoms with Crippen molar-refractivity contribution < 1.29 is 4.39 Å². The molecule has 3 aromatic rings. The predicted molar refractivity (Wildman–Crippen MR) is 91.8 cm³/mol. The van der Waals surface area contributed by atoms with Gasteiger partial charge in [-0.2, -0.15) is 0 Å². The summed E-state index contributed by atoms with van der Waals surface area (Å²) in [5.41, 5.74) is 3.07. The first kappa shape index (κ1) is 16.0. The number of hydrogen-bond acceptors (Lipinski definition) is 3. The Morgan fingerprint density at radius 2 is 1.96 bits per heavy atom. The van der Waals surface area contributed by atoms with Crippen LogP contribution in [0.15, 0.2) is 47.6 Å². The number of aromatic nitrogens is 3. The predicted octanol–water partition coefficient (Wildman–Crippen LogP) is 4.97. The highest BCUT2D eigenvalue weighted by Gasteiger charge is 2.12. The summed E-state index contributed by atoms with van der Waals surface area (Å²) >= 11 is 7.61. The smallest absolute Gasteiger partial charge is 0.196 e. The van der Waals surface area contributed by atoms with Crippen LogP contribution in [0.25, 0.3) is 5.69 Å². The molecule has 0 saturated carbocycles. The zero-order valence-electron chi connectivity index (χ0n) is 12.8. The molecule has 3 nitrogen and oxygen atoms in total. The first-order valence-electron chi connectivity index (χ1n) is 7.10. The van der Waals surface area contributed by atoms with E-state index in [1.807, 2.05) is 36.6 Å². The highest BCUT2D eigenvalue weighted by Crippen LogP contribution is 2.28. The Bertz CT molecular complexity index is 848. The van der Waals surface area contributed by atoms with Gasteiger partial charge < -0.3 is 0 Å². The molecule has 0 radical (unpaired) electrons. The van der Waals surface area contributed by atoms with E-state index < -0.39 is 0 Å². The molecule has 0 unspecified atom stereocenters. The molecule has 1 aromatic heterocycles. The van der Waals surface area contributed by atoms with Crippen molar-refractivity contribution in [2.45, 2.75) is 24.8 Å². The second-order valence-electron chi connectivity index (χ2n) is 5.23. The first-order valence-corrected chi connectivity index (χ1v) is 8.47. The Hall–Kier alpha value is -1.85. The van der Waals surface area contributed by atoms with Crippen molar-refractivity contribution >= 4 is 23.4 Å². The minimum atomic E-state index is -0.331. The van der Waals surface area contributed by atoms with Gasteiger partial charge in [0.15, 0.2) is 5.16 Å². The largest absolute Gasteiger partial charge is 0.274 e. The van der Waals surface area contributed by atoms with Gasteiger partial charge in [-0.25, -0.2) is 4.39 Å². The molecule has 0 aliphatic carbocycles. The lowest BCUT2D eigenvalue weighted by molar-refractivity contribution is 0.627. The van der Waals surface area contributed by atoms with Gasteiger partial charge in [0.25, 0.3) is 0 Å². The lowest BCUT2D eigenvalue weighted by atomic mass is 10.2. The molecule has 118 valence electrons. The van der Waals surface area contributed by atoms with Gasteiger partial charge in [0, 0.05) is 16.5 Å². The van der Waals surface area contributed by atoms with E-state index in [4.69, 9.17) is 11.6 Å². The van der Waals surface area contributed by atoms with E-state index in [0.29, 0.717) is 10.8 Å².